The van der Waals surface area contributed by atoms with Crippen LogP contribution in [0.3, 0.4) is 0 Å². The van der Waals surface area contributed by atoms with Gasteiger partial charge in [0, 0.05) is 11.8 Å². The Morgan fingerprint density at radius 2 is 2.36 bits per heavy atom. The second-order valence-corrected chi connectivity index (χ2v) is 1.90. The lowest BCUT2D eigenvalue weighted by molar-refractivity contribution is 0.621. The number of rotatable bonds is 0. The first kappa shape index (κ1) is 7.70. The van der Waals surface area contributed by atoms with E-state index in [0.717, 1.165) is 6.20 Å². The molecule has 0 aromatic carbocycles. The average Bonchev–Trinajstić information content (AvgIpc) is 2.01. The Balaban J connectivity index is 2.87. The van der Waals surface area contributed by atoms with Gasteiger partial charge in [0.1, 0.15) is 5.82 Å². The van der Waals surface area contributed by atoms with Crippen molar-refractivity contribution in [1.82, 2.24) is 4.98 Å². The minimum atomic E-state index is -0.381. The van der Waals surface area contributed by atoms with Gasteiger partial charge in [-0.05, 0) is 6.07 Å². The van der Waals surface area contributed by atoms with Crippen LogP contribution in [0.1, 0.15) is 5.56 Å². The molecule has 0 bridgehead atoms. The SMILES string of the molecule is NCC#Cc1cncc(F)c1. The third-order valence-corrected chi connectivity index (χ3v) is 1.04. The Bertz CT molecular complexity index is 298. The van der Waals surface area contributed by atoms with Crippen molar-refractivity contribution in [2.45, 2.75) is 0 Å². The number of nitrogens with two attached hydrogens (primary N) is 1. The first-order valence-corrected chi connectivity index (χ1v) is 3.12. The quantitative estimate of drug-likeness (QED) is 0.548. The normalized spacial score (nSPS) is 8.55. The Kier molecular flexibility index (Phi) is 2.59. The first-order chi connectivity index (χ1) is 5.33. The fourth-order valence-corrected chi connectivity index (χ4v) is 0.633. The van der Waals surface area contributed by atoms with Gasteiger partial charge in [-0.3, -0.25) is 4.98 Å². The van der Waals surface area contributed by atoms with E-state index in [-0.39, 0.29) is 12.4 Å². The highest BCUT2D eigenvalue weighted by molar-refractivity contribution is 5.31. The molecule has 1 heterocycles. The molecule has 2 nitrogen and oxygen atoms in total. The summed E-state index contributed by atoms with van der Waals surface area (Å²) in [4.78, 5) is 3.62. The maximum Gasteiger partial charge on any atom is 0.142 e. The molecule has 0 amide bonds. The smallest absolute Gasteiger partial charge is 0.142 e. The molecule has 56 valence electrons. The van der Waals surface area contributed by atoms with Crippen molar-refractivity contribution in [3.63, 3.8) is 0 Å². The molecule has 0 unspecified atom stereocenters. The summed E-state index contributed by atoms with van der Waals surface area (Å²) < 4.78 is 12.4. The van der Waals surface area contributed by atoms with Gasteiger partial charge in [-0.15, -0.1) is 0 Å². The maximum atomic E-state index is 12.4. The van der Waals surface area contributed by atoms with Crippen molar-refractivity contribution < 1.29 is 4.39 Å². The van der Waals surface area contributed by atoms with E-state index in [9.17, 15) is 4.39 Å². The number of aromatic nitrogens is 1. The fraction of sp³-hybridized carbons (Fsp3) is 0.125. The molecule has 0 fully saturated rings. The summed E-state index contributed by atoms with van der Waals surface area (Å²) in [7, 11) is 0. The Labute approximate surface area is 64.3 Å². The van der Waals surface area contributed by atoms with E-state index in [0.29, 0.717) is 5.56 Å². The summed E-state index contributed by atoms with van der Waals surface area (Å²) in [6.45, 7) is 0.274. The molecule has 11 heavy (non-hydrogen) atoms. The van der Waals surface area contributed by atoms with Crippen LogP contribution in [0.5, 0.6) is 0 Å². The summed E-state index contributed by atoms with van der Waals surface area (Å²) in [6.07, 6.45) is 2.62. The molecule has 3 heteroatoms. The molecule has 0 aliphatic carbocycles. The molecule has 0 atom stereocenters. The van der Waals surface area contributed by atoms with Crippen LogP contribution >= 0.6 is 0 Å². The molecule has 1 aromatic rings. The predicted molar refractivity (Wildman–Crippen MR) is 40.1 cm³/mol. The zero-order valence-corrected chi connectivity index (χ0v) is 5.84. The van der Waals surface area contributed by atoms with Gasteiger partial charge in [-0.1, -0.05) is 11.8 Å². The summed E-state index contributed by atoms with van der Waals surface area (Å²) in [5.74, 6) is 4.89. The Morgan fingerprint density at radius 1 is 1.55 bits per heavy atom. The highest BCUT2D eigenvalue weighted by Crippen LogP contribution is 1.97. The summed E-state index contributed by atoms with van der Waals surface area (Å²) in [5.41, 5.74) is 5.68. The third-order valence-electron chi connectivity index (χ3n) is 1.04. The lowest BCUT2D eigenvalue weighted by Gasteiger charge is -1.87. The van der Waals surface area contributed by atoms with E-state index >= 15 is 0 Å². The molecule has 1 aromatic heterocycles. The van der Waals surface area contributed by atoms with Gasteiger partial charge in [0.15, 0.2) is 0 Å². The molecule has 0 saturated carbocycles. The lowest BCUT2D eigenvalue weighted by atomic mass is 10.3. The molecule has 0 radical (unpaired) electrons. The van der Waals surface area contributed by atoms with Crippen LogP contribution < -0.4 is 5.73 Å². The number of halogens is 1. The molecular formula is C8H7FN2. The summed E-state index contributed by atoms with van der Waals surface area (Å²) in [5, 5.41) is 0. The van der Waals surface area contributed by atoms with Crippen molar-refractivity contribution in [3.05, 3.63) is 29.8 Å². The van der Waals surface area contributed by atoms with Crippen LogP contribution in [-0.4, -0.2) is 11.5 Å². The number of pyridine rings is 1. The maximum absolute atomic E-state index is 12.4. The fourth-order valence-electron chi connectivity index (χ4n) is 0.633. The molecule has 2 N–H and O–H groups in total. The second-order valence-electron chi connectivity index (χ2n) is 1.90. The lowest BCUT2D eigenvalue weighted by Crippen LogP contribution is -1.93. The van der Waals surface area contributed by atoms with Gasteiger partial charge in [0.25, 0.3) is 0 Å². The highest BCUT2D eigenvalue weighted by Gasteiger charge is 1.89. The van der Waals surface area contributed by atoms with Gasteiger partial charge in [0.05, 0.1) is 12.7 Å². The predicted octanol–water partition coefficient (Wildman–Crippen LogP) is 0.531. The van der Waals surface area contributed by atoms with Crippen LogP contribution in [0.15, 0.2) is 18.5 Å². The third kappa shape index (κ3) is 2.36. The summed E-state index contributed by atoms with van der Waals surface area (Å²) >= 11 is 0. The van der Waals surface area contributed by atoms with Gasteiger partial charge < -0.3 is 5.73 Å². The van der Waals surface area contributed by atoms with Crippen LogP contribution in [-0.2, 0) is 0 Å². The number of nitrogens with zero attached hydrogens (tertiary/aromatic N) is 1. The van der Waals surface area contributed by atoms with Crippen LogP contribution in [0.4, 0.5) is 4.39 Å². The van der Waals surface area contributed by atoms with Gasteiger partial charge in [-0.25, -0.2) is 4.39 Å². The van der Waals surface area contributed by atoms with E-state index in [1.165, 1.54) is 12.3 Å². The highest BCUT2D eigenvalue weighted by atomic mass is 19.1. The van der Waals surface area contributed by atoms with Gasteiger partial charge in [0.2, 0.25) is 0 Å². The van der Waals surface area contributed by atoms with E-state index in [2.05, 4.69) is 16.8 Å². The van der Waals surface area contributed by atoms with E-state index in [4.69, 9.17) is 5.73 Å². The van der Waals surface area contributed by atoms with Crippen molar-refractivity contribution in [1.29, 1.82) is 0 Å². The minimum absolute atomic E-state index is 0.274. The zero-order chi connectivity index (χ0) is 8.10. The molecule has 1 rings (SSSR count). The second kappa shape index (κ2) is 3.69. The van der Waals surface area contributed by atoms with Crippen LogP contribution in [0.25, 0.3) is 0 Å². The average molecular weight is 150 g/mol. The zero-order valence-electron chi connectivity index (χ0n) is 5.84. The van der Waals surface area contributed by atoms with Crippen molar-refractivity contribution in [2.75, 3.05) is 6.54 Å². The van der Waals surface area contributed by atoms with Crippen molar-refractivity contribution in [2.24, 2.45) is 5.73 Å². The van der Waals surface area contributed by atoms with E-state index in [1.54, 1.807) is 0 Å². The number of hydrogen-bond acceptors (Lipinski definition) is 2. The van der Waals surface area contributed by atoms with E-state index in [1.807, 2.05) is 0 Å². The largest absolute Gasteiger partial charge is 0.320 e. The Morgan fingerprint density at radius 3 is 3.00 bits per heavy atom. The van der Waals surface area contributed by atoms with Gasteiger partial charge in [-0.2, -0.15) is 0 Å². The number of hydrogen-bond donors (Lipinski definition) is 1. The summed E-state index contributed by atoms with van der Waals surface area (Å²) in [6, 6.07) is 1.32. The van der Waals surface area contributed by atoms with E-state index < -0.39 is 0 Å². The molecule has 0 aliphatic rings. The van der Waals surface area contributed by atoms with Crippen molar-refractivity contribution in [3.8, 4) is 11.8 Å². The molecular weight excluding hydrogens is 143 g/mol. The Hall–Kier alpha value is -1.40. The van der Waals surface area contributed by atoms with Crippen LogP contribution in [0, 0.1) is 17.7 Å². The standard InChI is InChI=1S/C8H7FN2/c9-8-4-7(2-1-3-10)5-11-6-8/h4-6H,3,10H2. The first-order valence-electron chi connectivity index (χ1n) is 3.12. The van der Waals surface area contributed by atoms with Gasteiger partial charge >= 0.3 is 0 Å². The molecule has 0 saturated heterocycles. The van der Waals surface area contributed by atoms with Crippen molar-refractivity contribution >= 4 is 0 Å². The molecule has 0 aliphatic heterocycles. The van der Waals surface area contributed by atoms with Crippen LogP contribution in [0.2, 0.25) is 0 Å². The topological polar surface area (TPSA) is 38.9 Å². The molecule has 0 spiro atoms. The monoisotopic (exact) mass is 150 g/mol. The minimum Gasteiger partial charge on any atom is -0.320 e.